The molecule has 0 heterocycles. The van der Waals surface area contributed by atoms with E-state index in [1.807, 2.05) is 0 Å². The summed E-state index contributed by atoms with van der Waals surface area (Å²) in [6.07, 6.45) is 2.30. The lowest BCUT2D eigenvalue weighted by molar-refractivity contribution is 0.359. The van der Waals surface area contributed by atoms with Crippen LogP contribution >= 0.6 is 0 Å². The topological polar surface area (TPSA) is 12.0 Å². The third-order valence-corrected chi connectivity index (χ3v) is 4.00. The average Bonchev–Trinajstić information content (AvgIpc) is 2.52. The Morgan fingerprint density at radius 1 is 0.810 bits per heavy atom. The summed E-state index contributed by atoms with van der Waals surface area (Å²) >= 11 is 0. The summed E-state index contributed by atoms with van der Waals surface area (Å²) in [5.74, 6) is 0.589. The quantitative estimate of drug-likeness (QED) is 0.753. The van der Waals surface area contributed by atoms with Crippen molar-refractivity contribution in [3.8, 4) is 0 Å². The van der Waals surface area contributed by atoms with Gasteiger partial charge in [-0.15, -0.1) is 0 Å². The smallest absolute Gasteiger partial charge is 0.0345 e. The summed E-state index contributed by atoms with van der Waals surface area (Å²) in [5, 5.41) is 3.80. The predicted octanol–water partition coefficient (Wildman–Crippen LogP) is 4.99. The fourth-order valence-corrected chi connectivity index (χ4v) is 2.75. The van der Waals surface area contributed by atoms with Crippen LogP contribution in [0, 0.1) is 5.92 Å². The Hall–Kier alpha value is -1.60. The molecule has 1 nitrogen and oxygen atoms in total. The largest absolute Gasteiger partial charge is 0.307 e. The van der Waals surface area contributed by atoms with E-state index in [0.29, 0.717) is 18.0 Å². The van der Waals surface area contributed by atoms with Gasteiger partial charge in [-0.25, -0.2) is 0 Å². The second kappa shape index (κ2) is 7.99. The van der Waals surface area contributed by atoms with Crippen LogP contribution in [-0.4, -0.2) is 6.04 Å². The number of aryl methyl sites for hydroxylation is 1. The minimum Gasteiger partial charge on any atom is -0.307 e. The second-order valence-electron chi connectivity index (χ2n) is 6.22. The molecule has 2 unspecified atom stereocenters. The average molecular weight is 281 g/mol. The molecule has 0 saturated heterocycles. The van der Waals surface area contributed by atoms with Gasteiger partial charge in [-0.1, -0.05) is 74.5 Å². The lowest BCUT2D eigenvalue weighted by Crippen LogP contribution is -2.33. The van der Waals surface area contributed by atoms with Gasteiger partial charge in [0.05, 0.1) is 0 Å². The molecular formula is C20H27N. The van der Waals surface area contributed by atoms with Crippen molar-refractivity contribution < 1.29 is 0 Å². The second-order valence-corrected chi connectivity index (χ2v) is 6.22. The lowest BCUT2D eigenvalue weighted by atomic mass is 9.94. The van der Waals surface area contributed by atoms with Gasteiger partial charge in [-0.05, 0) is 36.8 Å². The molecule has 0 bridgehead atoms. The SMILES string of the molecule is CC(CCc1ccccc1)NC(c1ccccc1)C(C)C. The molecule has 0 aromatic heterocycles. The van der Waals surface area contributed by atoms with E-state index in [9.17, 15) is 0 Å². The third-order valence-electron chi connectivity index (χ3n) is 4.00. The summed E-state index contributed by atoms with van der Waals surface area (Å²) in [7, 11) is 0. The van der Waals surface area contributed by atoms with Crippen molar-refractivity contribution >= 4 is 0 Å². The Labute approximate surface area is 129 Å². The summed E-state index contributed by atoms with van der Waals surface area (Å²) in [4.78, 5) is 0. The molecule has 1 heteroatoms. The lowest BCUT2D eigenvalue weighted by Gasteiger charge is -2.27. The molecule has 2 atom stereocenters. The standard InChI is InChI=1S/C20H27N/c1-16(2)20(19-12-8-5-9-13-19)21-17(3)14-15-18-10-6-4-7-11-18/h4-13,16-17,20-21H,14-15H2,1-3H3. The van der Waals surface area contributed by atoms with Gasteiger partial charge in [0.1, 0.15) is 0 Å². The van der Waals surface area contributed by atoms with Crippen molar-refractivity contribution in [2.45, 2.75) is 45.7 Å². The molecule has 0 amide bonds. The molecule has 1 N–H and O–H groups in total. The molecule has 2 rings (SSSR count). The highest BCUT2D eigenvalue weighted by molar-refractivity contribution is 5.20. The Morgan fingerprint density at radius 2 is 1.38 bits per heavy atom. The minimum absolute atomic E-state index is 0.428. The first kappa shape index (κ1) is 15.8. The van der Waals surface area contributed by atoms with Crippen LogP contribution in [0.3, 0.4) is 0 Å². The zero-order valence-corrected chi connectivity index (χ0v) is 13.4. The zero-order chi connectivity index (χ0) is 15.1. The van der Waals surface area contributed by atoms with E-state index in [2.05, 4.69) is 86.8 Å². The molecule has 0 aliphatic carbocycles. The summed E-state index contributed by atoms with van der Waals surface area (Å²) in [6.45, 7) is 6.87. The van der Waals surface area contributed by atoms with Crippen LogP contribution in [0.5, 0.6) is 0 Å². The van der Waals surface area contributed by atoms with E-state index >= 15 is 0 Å². The molecule has 0 fully saturated rings. The van der Waals surface area contributed by atoms with E-state index in [0.717, 1.165) is 6.42 Å². The molecule has 21 heavy (non-hydrogen) atoms. The molecule has 2 aromatic carbocycles. The molecule has 0 radical (unpaired) electrons. The van der Waals surface area contributed by atoms with Crippen molar-refractivity contribution in [1.82, 2.24) is 5.32 Å². The van der Waals surface area contributed by atoms with Crippen LogP contribution in [0.25, 0.3) is 0 Å². The van der Waals surface area contributed by atoms with E-state index in [1.165, 1.54) is 17.5 Å². The van der Waals surface area contributed by atoms with E-state index in [1.54, 1.807) is 0 Å². The van der Waals surface area contributed by atoms with Crippen molar-refractivity contribution in [2.75, 3.05) is 0 Å². The van der Waals surface area contributed by atoms with Crippen LogP contribution in [0.1, 0.15) is 44.4 Å². The van der Waals surface area contributed by atoms with Crippen LogP contribution in [0.4, 0.5) is 0 Å². The Balaban J connectivity index is 1.91. The summed E-state index contributed by atoms with van der Waals surface area (Å²) in [6, 6.07) is 22.5. The first-order chi connectivity index (χ1) is 10.2. The van der Waals surface area contributed by atoms with Crippen molar-refractivity contribution in [3.63, 3.8) is 0 Å². The fraction of sp³-hybridized carbons (Fsp3) is 0.400. The summed E-state index contributed by atoms with van der Waals surface area (Å²) < 4.78 is 0. The maximum absolute atomic E-state index is 3.80. The number of hydrogen-bond donors (Lipinski definition) is 1. The van der Waals surface area contributed by atoms with E-state index in [-0.39, 0.29) is 0 Å². The van der Waals surface area contributed by atoms with Gasteiger partial charge in [0.2, 0.25) is 0 Å². The first-order valence-electron chi connectivity index (χ1n) is 8.01. The van der Waals surface area contributed by atoms with Gasteiger partial charge in [-0.3, -0.25) is 0 Å². The Bertz CT molecular complexity index is 504. The van der Waals surface area contributed by atoms with E-state index in [4.69, 9.17) is 0 Å². The highest BCUT2D eigenvalue weighted by atomic mass is 14.9. The van der Waals surface area contributed by atoms with Gasteiger partial charge in [0, 0.05) is 12.1 Å². The third kappa shape index (κ3) is 5.02. The normalized spacial score (nSPS) is 14.1. The Morgan fingerprint density at radius 3 is 1.95 bits per heavy atom. The van der Waals surface area contributed by atoms with Gasteiger partial charge < -0.3 is 5.32 Å². The van der Waals surface area contributed by atoms with Crippen molar-refractivity contribution in [3.05, 3.63) is 71.8 Å². The van der Waals surface area contributed by atoms with Gasteiger partial charge in [-0.2, -0.15) is 0 Å². The monoisotopic (exact) mass is 281 g/mol. The first-order valence-corrected chi connectivity index (χ1v) is 8.01. The molecule has 112 valence electrons. The molecule has 0 aliphatic rings. The van der Waals surface area contributed by atoms with Crippen LogP contribution < -0.4 is 5.32 Å². The molecule has 2 aromatic rings. The molecule has 0 saturated carbocycles. The van der Waals surface area contributed by atoms with Gasteiger partial charge in [0.25, 0.3) is 0 Å². The number of benzene rings is 2. The van der Waals surface area contributed by atoms with Crippen LogP contribution in [0.2, 0.25) is 0 Å². The number of rotatable bonds is 7. The predicted molar refractivity (Wildman–Crippen MR) is 91.4 cm³/mol. The summed E-state index contributed by atoms with van der Waals surface area (Å²) in [5.41, 5.74) is 2.81. The van der Waals surface area contributed by atoms with Gasteiger partial charge in [0.15, 0.2) is 0 Å². The molecule has 0 aliphatic heterocycles. The number of nitrogens with one attached hydrogen (secondary N) is 1. The zero-order valence-electron chi connectivity index (χ0n) is 13.4. The molecule has 0 spiro atoms. The fourth-order valence-electron chi connectivity index (χ4n) is 2.75. The Kier molecular flexibility index (Phi) is 6.01. The van der Waals surface area contributed by atoms with Crippen molar-refractivity contribution in [1.29, 1.82) is 0 Å². The highest BCUT2D eigenvalue weighted by Gasteiger charge is 2.17. The van der Waals surface area contributed by atoms with Gasteiger partial charge >= 0.3 is 0 Å². The van der Waals surface area contributed by atoms with Crippen LogP contribution in [-0.2, 0) is 6.42 Å². The maximum Gasteiger partial charge on any atom is 0.0345 e. The van der Waals surface area contributed by atoms with E-state index < -0.39 is 0 Å². The molecular weight excluding hydrogens is 254 g/mol. The maximum atomic E-state index is 3.80. The van der Waals surface area contributed by atoms with Crippen molar-refractivity contribution in [2.24, 2.45) is 5.92 Å². The highest BCUT2D eigenvalue weighted by Crippen LogP contribution is 2.22. The minimum atomic E-state index is 0.428. The number of hydrogen-bond acceptors (Lipinski definition) is 1. The van der Waals surface area contributed by atoms with Crippen LogP contribution in [0.15, 0.2) is 60.7 Å².